The van der Waals surface area contributed by atoms with Crippen molar-refractivity contribution in [3.8, 4) is 0 Å². The van der Waals surface area contributed by atoms with Gasteiger partial charge in [0.15, 0.2) is 0 Å². The molecule has 158 valence electrons. The summed E-state index contributed by atoms with van der Waals surface area (Å²) in [6.45, 7) is 7.68. The van der Waals surface area contributed by atoms with Crippen LogP contribution in [0.5, 0.6) is 0 Å². The average Bonchev–Trinajstić information content (AvgIpc) is 2.68. The Morgan fingerprint density at radius 3 is 2.27 bits per heavy atom. The second-order valence-corrected chi connectivity index (χ2v) is 7.64. The Morgan fingerprint density at radius 2 is 1.73 bits per heavy atom. The zero-order valence-electron chi connectivity index (χ0n) is 16.7. The number of benzene rings is 2. The Bertz CT molecular complexity index is 1000. The third-order valence-electron chi connectivity index (χ3n) is 4.46. The molecular weight excluding hydrogens is 425 g/mol. The highest BCUT2D eigenvalue weighted by Gasteiger charge is 2.13. The molecule has 8 heteroatoms. The zero-order valence-corrected chi connectivity index (χ0v) is 18.2. The second-order valence-electron chi connectivity index (χ2n) is 6.82. The van der Waals surface area contributed by atoms with E-state index >= 15 is 0 Å². The maximum atomic E-state index is 12.4. The summed E-state index contributed by atoms with van der Waals surface area (Å²) in [6, 6.07) is 11.8. The van der Waals surface area contributed by atoms with E-state index in [0.717, 1.165) is 5.56 Å². The molecule has 0 aromatic heterocycles. The highest BCUT2D eigenvalue weighted by Crippen LogP contribution is 2.25. The van der Waals surface area contributed by atoms with Crippen LogP contribution in [0.1, 0.15) is 36.2 Å². The molecule has 2 aromatic rings. The second kappa shape index (κ2) is 10.3. The van der Waals surface area contributed by atoms with Gasteiger partial charge in [-0.1, -0.05) is 47.5 Å². The lowest BCUT2D eigenvalue weighted by atomic mass is 10.0. The lowest BCUT2D eigenvalue weighted by Crippen LogP contribution is -2.30. The highest BCUT2D eigenvalue weighted by atomic mass is 35.5. The quantitative estimate of drug-likeness (QED) is 0.291. The van der Waals surface area contributed by atoms with Gasteiger partial charge in [0.05, 0.1) is 23.0 Å². The third-order valence-corrected chi connectivity index (χ3v) is 5.20. The number of rotatable bonds is 8. The summed E-state index contributed by atoms with van der Waals surface area (Å²) in [5, 5.41) is 14.1. The van der Waals surface area contributed by atoms with E-state index in [4.69, 9.17) is 34.2 Å². The van der Waals surface area contributed by atoms with Crippen molar-refractivity contribution >= 4 is 40.8 Å². The predicted molar refractivity (Wildman–Crippen MR) is 120 cm³/mol. The fraction of sp³-hybridized carbons (Fsp3) is 0.182. The van der Waals surface area contributed by atoms with Gasteiger partial charge < -0.3 is 15.4 Å². The van der Waals surface area contributed by atoms with E-state index in [1.54, 1.807) is 56.3 Å². The molecule has 0 atom stereocenters. The number of nitrogens with zero attached hydrogens (tertiary/aromatic N) is 1. The van der Waals surface area contributed by atoms with Crippen LogP contribution in [0.2, 0.25) is 10.0 Å². The number of nitrogens with one attached hydrogen (secondary N) is 1. The fourth-order valence-corrected chi connectivity index (χ4v) is 3.06. The Labute approximate surface area is 185 Å². The molecular formula is C22H23Cl2N3O3. The highest BCUT2D eigenvalue weighted by molar-refractivity contribution is 6.42. The molecule has 2 rings (SSSR count). The summed E-state index contributed by atoms with van der Waals surface area (Å²) in [4.78, 5) is 23.5. The number of nitrogens with two attached hydrogens (primary N) is 1. The number of anilines is 1. The molecule has 30 heavy (non-hydrogen) atoms. The van der Waals surface area contributed by atoms with Crippen LogP contribution < -0.4 is 11.2 Å². The molecule has 4 N–H and O–H groups in total. The number of carbonyl (C=O) groups is 2. The number of hydrazine groups is 1. The number of carboxylic acids is 1. The molecule has 0 fully saturated rings. The van der Waals surface area contributed by atoms with Gasteiger partial charge in [0.25, 0.3) is 5.91 Å². The predicted octanol–water partition coefficient (Wildman–Crippen LogP) is 5.25. The van der Waals surface area contributed by atoms with Crippen molar-refractivity contribution in [1.29, 1.82) is 0 Å². The van der Waals surface area contributed by atoms with Crippen molar-refractivity contribution in [2.24, 2.45) is 5.84 Å². The zero-order chi connectivity index (χ0) is 22.4. The van der Waals surface area contributed by atoms with Crippen molar-refractivity contribution in [1.82, 2.24) is 5.01 Å². The molecule has 0 saturated heterocycles. The first kappa shape index (κ1) is 23.5. The summed E-state index contributed by atoms with van der Waals surface area (Å²) in [6.07, 6.45) is -0.150. The van der Waals surface area contributed by atoms with Gasteiger partial charge in [-0.05, 0) is 55.3 Å². The topological polar surface area (TPSA) is 95.7 Å². The van der Waals surface area contributed by atoms with E-state index < -0.39 is 5.97 Å². The minimum atomic E-state index is -0.946. The normalized spacial score (nSPS) is 11.5. The summed E-state index contributed by atoms with van der Waals surface area (Å²) in [5.74, 6) is 4.90. The smallest absolute Gasteiger partial charge is 0.307 e. The summed E-state index contributed by atoms with van der Waals surface area (Å²) in [7, 11) is 0. The Hall–Kier alpha value is -2.80. The van der Waals surface area contributed by atoms with E-state index in [2.05, 4.69) is 11.9 Å². The first-order valence-electron chi connectivity index (χ1n) is 9.03. The number of allylic oxidation sites excluding steroid dienone is 2. The first-order valence-corrected chi connectivity index (χ1v) is 9.79. The van der Waals surface area contributed by atoms with Crippen LogP contribution in [0, 0.1) is 0 Å². The molecule has 0 aliphatic rings. The van der Waals surface area contributed by atoms with Crippen LogP contribution >= 0.6 is 23.2 Å². The Kier molecular flexibility index (Phi) is 8.06. The minimum absolute atomic E-state index is 0.150. The van der Waals surface area contributed by atoms with Gasteiger partial charge in [-0.2, -0.15) is 0 Å². The SMILES string of the molecule is C=C(C)/C(CC(=O)O)=C(/C)N(N)Cc1ccc(C(=O)Nc2ccc(Cl)c(Cl)c2)cc1. The van der Waals surface area contributed by atoms with E-state index in [-0.39, 0.29) is 12.3 Å². The van der Waals surface area contributed by atoms with Crippen molar-refractivity contribution in [2.75, 3.05) is 5.32 Å². The molecule has 6 nitrogen and oxygen atoms in total. The van der Waals surface area contributed by atoms with Crippen LogP contribution in [0.15, 0.2) is 65.9 Å². The van der Waals surface area contributed by atoms with Crippen LogP contribution in [0.4, 0.5) is 5.69 Å². The van der Waals surface area contributed by atoms with Gasteiger partial charge in [0, 0.05) is 16.9 Å². The number of aliphatic carboxylic acids is 1. The lowest BCUT2D eigenvalue weighted by molar-refractivity contribution is -0.136. The van der Waals surface area contributed by atoms with Crippen LogP contribution in [0.25, 0.3) is 0 Å². The van der Waals surface area contributed by atoms with E-state index in [0.29, 0.717) is 44.7 Å². The van der Waals surface area contributed by atoms with Crippen molar-refractivity contribution < 1.29 is 14.7 Å². The Balaban J connectivity index is 2.09. The Morgan fingerprint density at radius 1 is 1.10 bits per heavy atom. The van der Waals surface area contributed by atoms with Gasteiger partial charge in [-0.15, -0.1) is 0 Å². The van der Waals surface area contributed by atoms with Gasteiger partial charge >= 0.3 is 5.97 Å². The largest absolute Gasteiger partial charge is 0.481 e. The van der Waals surface area contributed by atoms with Crippen molar-refractivity contribution in [3.63, 3.8) is 0 Å². The number of carboxylic acid groups (broad SMARTS) is 1. The van der Waals surface area contributed by atoms with Crippen LogP contribution in [-0.4, -0.2) is 22.0 Å². The van der Waals surface area contributed by atoms with Gasteiger partial charge in [-0.3, -0.25) is 9.59 Å². The monoisotopic (exact) mass is 447 g/mol. The molecule has 1 amide bonds. The number of hydrogen-bond acceptors (Lipinski definition) is 4. The van der Waals surface area contributed by atoms with Crippen molar-refractivity contribution in [2.45, 2.75) is 26.8 Å². The summed E-state index contributed by atoms with van der Waals surface area (Å²) >= 11 is 11.8. The van der Waals surface area contributed by atoms with Crippen LogP contribution in [0.3, 0.4) is 0 Å². The van der Waals surface area contributed by atoms with E-state index in [9.17, 15) is 9.59 Å². The summed E-state index contributed by atoms with van der Waals surface area (Å²) < 4.78 is 0. The minimum Gasteiger partial charge on any atom is -0.481 e. The number of amides is 1. The van der Waals surface area contributed by atoms with Crippen LogP contribution in [-0.2, 0) is 11.3 Å². The van der Waals surface area contributed by atoms with Gasteiger partial charge in [0.1, 0.15) is 0 Å². The van der Waals surface area contributed by atoms with Crippen molar-refractivity contribution in [3.05, 3.63) is 87.1 Å². The number of hydrogen-bond donors (Lipinski definition) is 3. The lowest BCUT2D eigenvalue weighted by Gasteiger charge is -2.23. The molecule has 0 saturated carbocycles. The maximum absolute atomic E-state index is 12.4. The fourth-order valence-electron chi connectivity index (χ4n) is 2.77. The molecule has 0 unspecified atom stereocenters. The van der Waals surface area contributed by atoms with E-state index in [1.165, 1.54) is 5.01 Å². The number of halogens is 2. The van der Waals surface area contributed by atoms with Gasteiger partial charge in [0.2, 0.25) is 0 Å². The summed E-state index contributed by atoms with van der Waals surface area (Å²) in [5.41, 5.74) is 3.74. The molecule has 0 radical (unpaired) electrons. The molecule has 0 heterocycles. The van der Waals surface area contributed by atoms with E-state index in [1.807, 2.05) is 0 Å². The molecule has 2 aromatic carbocycles. The molecule has 0 spiro atoms. The molecule has 0 aliphatic heterocycles. The average molecular weight is 448 g/mol. The third kappa shape index (κ3) is 6.35. The first-order chi connectivity index (χ1) is 14.1. The molecule has 0 bridgehead atoms. The van der Waals surface area contributed by atoms with Gasteiger partial charge in [-0.25, -0.2) is 5.84 Å². The maximum Gasteiger partial charge on any atom is 0.307 e. The molecule has 0 aliphatic carbocycles. The standard InChI is InChI=1S/C22H23Cl2N3O3/c1-13(2)18(11-21(28)29)14(3)27(25)12-15-4-6-16(7-5-15)22(30)26-17-8-9-19(23)20(24)10-17/h4-10H,1,11-12,25H2,2-3H3,(H,26,30)(H,28,29)/b18-14-. The number of carbonyl (C=O) groups excluding carboxylic acids is 1.